The van der Waals surface area contributed by atoms with Crippen LogP contribution in [-0.4, -0.2) is 12.1 Å². The van der Waals surface area contributed by atoms with Crippen molar-refractivity contribution >= 4 is 0 Å². The minimum absolute atomic E-state index is 0.204. The molecule has 0 radical (unpaired) electrons. The predicted octanol–water partition coefficient (Wildman–Crippen LogP) is 4.59. The van der Waals surface area contributed by atoms with Crippen LogP contribution in [0.1, 0.15) is 38.3 Å². The van der Waals surface area contributed by atoms with Gasteiger partial charge in [0, 0.05) is 5.54 Å². The highest BCUT2D eigenvalue weighted by atomic mass is 16.5. The lowest BCUT2D eigenvalue weighted by Gasteiger charge is -2.20. The molecule has 0 saturated heterocycles. The van der Waals surface area contributed by atoms with Crippen LogP contribution in [0.25, 0.3) is 0 Å². The van der Waals surface area contributed by atoms with Crippen LogP contribution in [0.4, 0.5) is 0 Å². The summed E-state index contributed by atoms with van der Waals surface area (Å²) >= 11 is 0. The molecule has 2 aromatic rings. The zero-order valence-electron chi connectivity index (χ0n) is 13.9. The summed E-state index contributed by atoms with van der Waals surface area (Å²) in [6.07, 6.45) is 2.25. The van der Waals surface area contributed by atoms with E-state index in [0.29, 0.717) is 6.61 Å². The van der Waals surface area contributed by atoms with Gasteiger partial charge in [-0.3, -0.25) is 0 Å². The van der Waals surface area contributed by atoms with Gasteiger partial charge in [0.1, 0.15) is 12.4 Å². The Morgan fingerprint density at radius 2 is 1.55 bits per heavy atom. The normalized spacial score (nSPS) is 11.4. The van der Waals surface area contributed by atoms with Crippen molar-refractivity contribution in [3.63, 3.8) is 0 Å². The fourth-order valence-electron chi connectivity index (χ4n) is 2.25. The van der Waals surface area contributed by atoms with Gasteiger partial charge in [-0.15, -0.1) is 0 Å². The summed E-state index contributed by atoms with van der Waals surface area (Å²) < 4.78 is 5.81. The van der Waals surface area contributed by atoms with E-state index < -0.39 is 0 Å². The molecule has 0 amide bonds. The second-order valence-electron chi connectivity index (χ2n) is 6.70. The summed E-state index contributed by atoms with van der Waals surface area (Å²) in [6, 6.07) is 18.7. The first-order valence-electron chi connectivity index (χ1n) is 8.04. The van der Waals surface area contributed by atoms with Gasteiger partial charge in [0.15, 0.2) is 0 Å². The summed E-state index contributed by atoms with van der Waals surface area (Å²) in [5, 5.41) is 3.52. The number of rotatable bonds is 7. The SMILES string of the molecule is CC(C)(C)NCCCc1ccc(OCc2ccccc2)cc1. The third kappa shape index (κ3) is 6.31. The van der Waals surface area contributed by atoms with Gasteiger partial charge in [-0.1, -0.05) is 42.5 Å². The zero-order chi connectivity index (χ0) is 15.8. The number of benzene rings is 2. The van der Waals surface area contributed by atoms with E-state index in [2.05, 4.69) is 62.5 Å². The Kier molecular flexibility index (Phi) is 6.02. The van der Waals surface area contributed by atoms with Crippen LogP contribution < -0.4 is 10.1 Å². The number of ether oxygens (including phenoxy) is 1. The van der Waals surface area contributed by atoms with Crippen molar-refractivity contribution in [3.05, 3.63) is 65.7 Å². The van der Waals surface area contributed by atoms with E-state index in [9.17, 15) is 0 Å². The lowest BCUT2D eigenvalue weighted by molar-refractivity contribution is 0.306. The molecule has 0 atom stereocenters. The predicted molar refractivity (Wildman–Crippen MR) is 93.3 cm³/mol. The van der Waals surface area contributed by atoms with Crippen LogP contribution in [0, 0.1) is 0 Å². The van der Waals surface area contributed by atoms with E-state index in [1.54, 1.807) is 0 Å². The van der Waals surface area contributed by atoms with Crippen molar-refractivity contribution in [1.29, 1.82) is 0 Å². The van der Waals surface area contributed by atoms with Crippen molar-refractivity contribution in [2.24, 2.45) is 0 Å². The van der Waals surface area contributed by atoms with Crippen molar-refractivity contribution < 1.29 is 4.74 Å². The Bertz CT molecular complexity index is 540. The minimum atomic E-state index is 0.204. The first kappa shape index (κ1) is 16.6. The second kappa shape index (κ2) is 8.00. The van der Waals surface area contributed by atoms with Crippen LogP contribution in [-0.2, 0) is 13.0 Å². The molecular weight excluding hydrogens is 270 g/mol. The maximum atomic E-state index is 5.81. The summed E-state index contributed by atoms with van der Waals surface area (Å²) in [6.45, 7) is 8.27. The molecule has 22 heavy (non-hydrogen) atoms. The van der Waals surface area contributed by atoms with E-state index >= 15 is 0 Å². The summed E-state index contributed by atoms with van der Waals surface area (Å²) in [4.78, 5) is 0. The standard InChI is InChI=1S/C20H27NO/c1-20(2,3)21-15-7-10-17-11-13-19(14-12-17)22-16-18-8-5-4-6-9-18/h4-6,8-9,11-14,21H,7,10,15-16H2,1-3H3. The first-order valence-corrected chi connectivity index (χ1v) is 8.04. The van der Waals surface area contributed by atoms with E-state index in [1.807, 2.05) is 18.2 Å². The minimum Gasteiger partial charge on any atom is -0.489 e. The Hall–Kier alpha value is -1.80. The number of aryl methyl sites for hydroxylation is 1. The molecule has 2 heteroatoms. The summed E-state index contributed by atoms with van der Waals surface area (Å²) in [5.41, 5.74) is 2.76. The average molecular weight is 297 g/mol. The van der Waals surface area contributed by atoms with Crippen molar-refractivity contribution in [2.45, 2.75) is 45.8 Å². The van der Waals surface area contributed by atoms with Crippen molar-refractivity contribution in [2.75, 3.05) is 6.54 Å². The first-order chi connectivity index (χ1) is 10.5. The highest BCUT2D eigenvalue weighted by Gasteiger charge is 2.07. The highest BCUT2D eigenvalue weighted by Crippen LogP contribution is 2.15. The van der Waals surface area contributed by atoms with Crippen LogP contribution in [0.15, 0.2) is 54.6 Å². The molecule has 1 N–H and O–H groups in total. The Morgan fingerprint density at radius 1 is 0.864 bits per heavy atom. The molecule has 0 bridgehead atoms. The van der Waals surface area contributed by atoms with Gasteiger partial charge in [-0.25, -0.2) is 0 Å². The molecule has 0 heterocycles. The molecule has 0 fully saturated rings. The van der Waals surface area contributed by atoms with E-state index in [-0.39, 0.29) is 5.54 Å². The molecular formula is C20H27NO. The smallest absolute Gasteiger partial charge is 0.119 e. The van der Waals surface area contributed by atoms with Gasteiger partial charge in [0.05, 0.1) is 0 Å². The lowest BCUT2D eigenvalue weighted by Crippen LogP contribution is -2.36. The van der Waals surface area contributed by atoms with Crippen LogP contribution in [0.5, 0.6) is 5.75 Å². The zero-order valence-corrected chi connectivity index (χ0v) is 13.9. The molecule has 2 aromatic carbocycles. The molecule has 2 nitrogen and oxygen atoms in total. The largest absolute Gasteiger partial charge is 0.489 e. The fraction of sp³-hybridized carbons (Fsp3) is 0.400. The maximum Gasteiger partial charge on any atom is 0.119 e. The lowest BCUT2D eigenvalue weighted by atomic mass is 10.1. The Labute approximate surface area is 134 Å². The van der Waals surface area contributed by atoms with E-state index in [4.69, 9.17) is 4.74 Å². The van der Waals surface area contributed by atoms with Gasteiger partial charge in [-0.05, 0) is 63.4 Å². The molecule has 0 aliphatic rings. The van der Waals surface area contributed by atoms with Crippen LogP contribution in [0.2, 0.25) is 0 Å². The van der Waals surface area contributed by atoms with Gasteiger partial charge in [0.25, 0.3) is 0 Å². The molecule has 2 rings (SSSR count). The monoisotopic (exact) mass is 297 g/mol. The topological polar surface area (TPSA) is 21.3 Å². The third-order valence-electron chi connectivity index (χ3n) is 3.47. The Morgan fingerprint density at radius 3 is 2.18 bits per heavy atom. The third-order valence-corrected chi connectivity index (χ3v) is 3.47. The number of hydrogen-bond donors (Lipinski definition) is 1. The fourth-order valence-corrected chi connectivity index (χ4v) is 2.25. The molecule has 0 aliphatic heterocycles. The molecule has 0 saturated carbocycles. The number of hydrogen-bond acceptors (Lipinski definition) is 2. The molecule has 0 aliphatic carbocycles. The molecule has 0 unspecified atom stereocenters. The van der Waals surface area contributed by atoms with E-state index in [0.717, 1.165) is 25.1 Å². The van der Waals surface area contributed by atoms with Crippen molar-refractivity contribution in [1.82, 2.24) is 5.32 Å². The van der Waals surface area contributed by atoms with Crippen LogP contribution >= 0.6 is 0 Å². The van der Waals surface area contributed by atoms with Gasteiger partial charge >= 0.3 is 0 Å². The summed E-state index contributed by atoms with van der Waals surface area (Å²) in [7, 11) is 0. The maximum absolute atomic E-state index is 5.81. The van der Waals surface area contributed by atoms with Crippen molar-refractivity contribution in [3.8, 4) is 5.75 Å². The van der Waals surface area contributed by atoms with Crippen LogP contribution in [0.3, 0.4) is 0 Å². The molecule has 0 spiro atoms. The second-order valence-corrected chi connectivity index (χ2v) is 6.70. The van der Waals surface area contributed by atoms with Gasteiger partial charge < -0.3 is 10.1 Å². The van der Waals surface area contributed by atoms with Gasteiger partial charge in [-0.2, -0.15) is 0 Å². The molecule has 118 valence electrons. The van der Waals surface area contributed by atoms with E-state index in [1.165, 1.54) is 11.1 Å². The average Bonchev–Trinajstić information content (AvgIpc) is 2.51. The number of nitrogens with one attached hydrogen (secondary N) is 1. The highest BCUT2D eigenvalue weighted by molar-refractivity contribution is 5.27. The Balaban J connectivity index is 1.73. The summed E-state index contributed by atoms with van der Waals surface area (Å²) in [5.74, 6) is 0.931. The molecule has 0 aromatic heterocycles. The quantitative estimate of drug-likeness (QED) is 0.755. The van der Waals surface area contributed by atoms with Gasteiger partial charge in [0.2, 0.25) is 0 Å².